The summed E-state index contributed by atoms with van der Waals surface area (Å²) in [6.07, 6.45) is 0.580. The zero-order valence-electron chi connectivity index (χ0n) is 10.7. The molecule has 0 saturated heterocycles. The van der Waals surface area contributed by atoms with Gasteiger partial charge in [-0.05, 0) is 31.5 Å². The molecule has 0 radical (unpaired) electrons. The summed E-state index contributed by atoms with van der Waals surface area (Å²) < 4.78 is 10.2. The van der Waals surface area contributed by atoms with E-state index in [0.717, 1.165) is 11.3 Å². The van der Waals surface area contributed by atoms with Crippen LogP contribution in [0.2, 0.25) is 0 Å². The van der Waals surface area contributed by atoms with Crippen molar-refractivity contribution in [3.8, 4) is 5.75 Å². The highest BCUT2D eigenvalue weighted by atomic mass is 16.5. The van der Waals surface area contributed by atoms with Crippen molar-refractivity contribution < 1.29 is 14.1 Å². The van der Waals surface area contributed by atoms with Crippen LogP contribution in [0, 0.1) is 6.92 Å². The molecule has 0 aliphatic rings. The van der Waals surface area contributed by atoms with Gasteiger partial charge in [-0.3, -0.25) is 4.79 Å². The molecule has 1 aromatic carbocycles. The van der Waals surface area contributed by atoms with Crippen molar-refractivity contribution in [1.82, 2.24) is 5.16 Å². The van der Waals surface area contributed by atoms with Gasteiger partial charge in [-0.2, -0.15) is 0 Å². The standard InChI is InChI=1S/C14H15NO3/c1-9(16)14-10(2)18-15-13(14)8-11-4-6-12(17-3)7-5-11/h4-7H,8H2,1-3H3. The predicted octanol–water partition coefficient (Wildman–Crippen LogP) is 2.79. The molecule has 0 unspecified atom stereocenters. The highest BCUT2D eigenvalue weighted by Crippen LogP contribution is 2.19. The second-order valence-corrected chi connectivity index (χ2v) is 4.14. The SMILES string of the molecule is COc1ccc(Cc2noc(C)c2C(C)=O)cc1. The Hall–Kier alpha value is -2.10. The lowest BCUT2D eigenvalue weighted by Crippen LogP contribution is -2.00. The molecular weight excluding hydrogens is 230 g/mol. The second-order valence-electron chi connectivity index (χ2n) is 4.14. The number of ketones is 1. The summed E-state index contributed by atoms with van der Waals surface area (Å²) in [5.74, 6) is 1.37. The lowest BCUT2D eigenvalue weighted by atomic mass is 10.0. The van der Waals surface area contributed by atoms with E-state index in [4.69, 9.17) is 9.26 Å². The lowest BCUT2D eigenvalue weighted by molar-refractivity contribution is 0.101. The molecule has 0 amide bonds. The molecular formula is C14H15NO3. The third-order valence-corrected chi connectivity index (χ3v) is 2.82. The van der Waals surface area contributed by atoms with Crippen molar-refractivity contribution in [2.45, 2.75) is 20.3 Å². The highest BCUT2D eigenvalue weighted by Gasteiger charge is 2.16. The van der Waals surface area contributed by atoms with Crippen molar-refractivity contribution in [3.05, 3.63) is 46.8 Å². The molecule has 0 aliphatic heterocycles. The summed E-state index contributed by atoms with van der Waals surface area (Å²) in [6, 6.07) is 7.67. The van der Waals surface area contributed by atoms with Crippen LogP contribution in [0.5, 0.6) is 5.75 Å². The monoisotopic (exact) mass is 245 g/mol. The fourth-order valence-corrected chi connectivity index (χ4v) is 1.93. The van der Waals surface area contributed by atoms with Gasteiger partial charge in [-0.25, -0.2) is 0 Å². The first-order valence-electron chi connectivity index (χ1n) is 5.71. The van der Waals surface area contributed by atoms with Crippen LogP contribution in [-0.4, -0.2) is 18.0 Å². The number of methoxy groups -OCH3 is 1. The Morgan fingerprint density at radius 3 is 2.56 bits per heavy atom. The van der Waals surface area contributed by atoms with Crippen LogP contribution in [0.3, 0.4) is 0 Å². The Balaban J connectivity index is 2.25. The van der Waals surface area contributed by atoms with E-state index in [9.17, 15) is 4.79 Å². The molecule has 0 bridgehead atoms. The third kappa shape index (κ3) is 2.42. The molecule has 94 valence electrons. The van der Waals surface area contributed by atoms with E-state index in [1.807, 2.05) is 24.3 Å². The molecule has 18 heavy (non-hydrogen) atoms. The first-order valence-corrected chi connectivity index (χ1v) is 5.71. The zero-order chi connectivity index (χ0) is 13.1. The van der Waals surface area contributed by atoms with Gasteiger partial charge in [0.05, 0.1) is 18.4 Å². The van der Waals surface area contributed by atoms with Crippen LogP contribution < -0.4 is 4.74 Å². The normalized spacial score (nSPS) is 10.4. The van der Waals surface area contributed by atoms with Crippen molar-refractivity contribution in [2.75, 3.05) is 7.11 Å². The largest absolute Gasteiger partial charge is 0.497 e. The van der Waals surface area contributed by atoms with E-state index in [2.05, 4.69) is 5.16 Å². The van der Waals surface area contributed by atoms with Gasteiger partial charge in [-0.1, -0.05) is 17.3 Å². The Morgan fingerprint density at radius 2 is 2.00 bits per heavy atom. The summed E-state index contributed by atoms with van der Waals surface area (Å²) in [5.41, 5.74) is 2.34. The molecule has 0 atom stereocenters. The maximum Gasteiger partial charge on any atom is 0.165 e. The first kappa shape index (κ1) is 12.4. The number of Topliss-reactive ketones (excluding diaryl/α,β-unsaturated/α-hetero) is 1. The maximum atomic E-state index is 11.5. The number of hydrogen-bond acceptors (Lipinski definition) is 4. The molecule has 0 aliphatic carbocycles. The topological polar surface area (TPSA) is 52.3 Å². The maximum absolute atomic E-state index is 11.5. The van der Waals surface area contributed by atoms with Crippen LogP contribution in [0.25, 0.3) is 0 Å². The number of nitrogens with zero attached hydrogens (tertiary/aromatic N) is 1. The van der Waals surface area contributed by atoms with Gasteiger partial charge in [0.2, 0.25) is 0 Å². The Morgan fingerprint density at radius 1 is 1.33 bits per heavy atom. The number of hydrogen-bond donors (Lipinski definition) is 0. The van der Waals surface area contributed by atoms with Gasteiger partial charge < -0.3 is 9.26 Å². The number of aryl methyl sites for hydroxylation is 1. The third-order valence-electron chi connectivity index (χ3n) is 2.82. The summed E-state index contributed by atoms with van der Waals surface area (Å²) in [5, 5.41) is 3.95. The average molecular weight is 245 g/mol. The minimum Gasteiger partial charge on any atom is -0.497 e. The van der Waals surface area contributed by atoms with Crippen molar-refractivity contribution in [1.29, 1.82) is 0 Å². The van der Waals surface area contributed by atoms with Crippen molar-refractivity contribution in [2.24, 2.45) is 0 Å². The fraction of sp³-hybridized carbons (Fsp3) is 0.286. The Labute approximate surface area is 106 Å². The predicted molar refractivity (Wildman–Crippen MR) is 67.0 cm³/mol. The van der Waals surface area contributed by atoms with E-state index in [1.165, 1.54) is 6.92 Å². The zero-order valence-corrected chi connectivity index (χ0v) is 10.7. The number of carbonyl (C=O) groups is 1. The van der Waals surface area contributed by atoms with Gasteiger partial charge in [0, 0.05) is 6.42 Å². The molecule has 0 spiro atoms. The molecule has 0 N–H and O–H groups in total. The fourth-order valence-electron chi connectivity index (χ4n) is 1.93. The average Bonchev–Trinajstić information content (AvgIpc) is 2.71. The molecule has 0 saturated carbocycles. The molecule has 2 rings (SSSR count). The second kappa shape index (κ2) is 5.04. The number of carbonyl (C=O) groups excluding carboxylic acids is 1. The number of benzene rings is 1. The van der Waals surface area contributed by atoms with Crippen LogP contribution in [0.4, 0.5) is 0 Å². The highest BCUT2D eigenvalue weighted by molar-refractivity contribution is 5.96. The van der Waals surface area contributed by atoms with E-state index in [-0.39, 0.29) is 5.78 Å². The quantitative estimate of drug-likeness (QED) is 0.777. The molecule has 4 heteroatoms. The van der Waals surface area contributed by atoms with Crippen molar-refractivity contribution in [3.63, 3.8) is 0 Å². The van der Waals surface area contributed by atoms with E-state index >= 15 is 0 Å². The van der Waals surface area contributed by atoms with E-state index in [0.29, 0.717) is 23.4 Å². The van der Waals surface area contributed by atoms with E-state index < -0.39 is 0 Å². The Kier molecular flexibility index (Phi) is 3.46. The molecule has 2 aromatic rings. The van der Waals surface area contributed by atoms with Gasteiger partial charge in [-0.15, -0.1) is 0 Å². The molecule has 1 heterocycles. The summed E-state index contributed by atoms with van der Waals surface area (Å²) in [7, 11) is 1.63. The lowest BCUT2D eigenvalue weighted by Gasteiger charge is -2.02. The number of rotatable bonds is 4. The van der Waals surface area contributed by atoms with Crippen LogP contribution in [-0.2, 0) is 6.42 Å². The molecule has 4 nitrogen and oxygen atoms in total. The number of aromatic nitrogens is 1. The van der Waals surface area contributed by atoms with Crippen LogP contribution >= 0.6 is 0 Å². The summed E-state index contributed by atoms with van der Waals surface area (Å²) in [4.78, 5) is 11.5. The summed E-state index contributed by atoms with van der Waals surface area (Å²) >= 11 is 0. The minimum atomic E-state index is -0.0164. The summed E-state index contributed by atoms with van der Waals surface area (Å²) in [6.45, 7) is 3.28. The molecule has 0 fully saturated rings. The Bertz CT molecular complexity index is 555. The molecule has 1 aromatic heterocycles. The van der Waals surface area contributed by atoms with Crippen molar-refractivity contribution >= 4 is 5.78 Å². The first-order chi connectivity index (χ1) is 8.61. The van der Waals surface area contributed by atoms with Crippen LogP contribution in [0.1, 0.15) is 34.3 Å². The van der Waals surface area contributed by atoms with Gasteiger partial charge >= 0.3 is 0 Å². The van der Waals surface area contributed by atoms with E-state index in [1.54, 1.807) is 14.0 Å². The smallest absolute Gasteiger partial charge is 0.165 e. The minimum absolute atomic E-state index is 0.0164. The van der Waals surface area contributed by atoms with Gasteiger partial charge in [0.1, 0.15) is 11.5 Å². The van der Waals surface area contributed by atoms with Crippen LogP contribution in [0.15, 0.2) is 28.8 Å². The van der Waals surface area contributed by atoms with Gasteiger partial charge in [0.25, 0.3) is 0 Å². The van der Waals surface area contributed by atoms with Gasteiger partial charge in [0.15, 0.2) is 5.78 Å². The number of ether oxygens (including phenoxy) is 1.